The summed E-state index contributed by atoms with van der Waals surface area (Å²) in [5.74, 6) is 1.35. The van der Waals surface area contributed by atoms with Gasteiger partial charge in [-0.05, 0) is 36.5 Å². The van der Waals surface area contributed by atoms with Gasteiger partial charge in [-0.3, -0.25) is 9.89 Å². The molecule has 6 heteroatoms. The van der Waals surface area contributed by atoms with Crippen molar-refractivity contribution in [1.29, 1.82) is 0 Å². The minimum absolute atomic E-state index is 0.0248. The van der Waals surface area contributed by atoms with Crippen LogP contribution in [0.15, 0.2) is 48.8 Å². The first-order chi connectivity index (χ1) is 13.8. The van der Waals surface area contributed by atoms with Crippen LogP contribution in [0.5, 0.6) is 0 Å². The highest BCUT2D eigenvalue weighted by molar-refractivity contribution is 5.89. The second-order valence-electron chi connectivity index (χ2n) is 7.66. The van der Waals surface area contributed by atoms with Gasteiger partial charge in [0.05, 0.1) is 11.9 Å². The highest BCUT2D eigenvalue weighted by Crippen LogP contribution is 2.26. The number of H-pyrrole nitrogens is 1. The normalized spacial score (nSPS) is 14.9. The summed E-state index contributed by atoms with van der Waals surface area (Å²) in [5.41, 5.74) is 3.17. The van der Waals surface area contributed by atoms with E-state index in [0.717, 1.165) is 29.3 Å². The zero-order valence-electron chi connectivity index (χ0n) is 16.1. The summed E-state index contributed by atoms with van der Waals surface area (Å²) in [7, 11) is 0. The maximum absolute atomic E-state index is 12.3. The van der Waals surface area contributed by atoms with Gasteiger partial charge in [-0.25, -0.2) is 4.68 Å². The van der Waals surface area contributed by atoms with E-state index in [9.17, 15) is 4.79 Å². The van der Waals surface area contributed by atoms with E-state index in [-0.39, 0.29) is 5.91 Å². The molecule has 2 heterocycles. The van der Waals surface area contributed by atoms with Crippen LogP contribution >= 0.6 is 0 Å². The molecule has 1 aliphatic rings. The molecule has 1 amide bonds. The Bertz CT molecular complexity index is 893. The van der Waals surface area contributed by atoms with Crippen molar-refractivity contribution in [1.82, 2.24) is 20.0 Å². The fraction of sp³-hybridized carbons (Fsp3) is 0.409. The van der Waals surface area contributed by atoms with E-state index in [1.54, 1.807) is 0 Å². The van der Waals surface area contributed by atoms with Gasteiger partial charge < -0.3 is 5.32 Å². The monoisotopic (exact) mass is 377 g/mol. The van der Waals surface area contributed by atoms with Crippen LogP contribution in [-0.4, -0.2) is 25.9 Å². The van der Waals surface area contributed by atoms with E-state index in [1.165, 1.54) is 32.1 Å². The van der Waals surface area contributed by atoms with Crippen molar-refractivity contribution in [2.45, 2.75) is 51.4 Å². The molecule has 3 aromatic rings. The number of carbonyl (C=O) groups is 1. The average molecular weight is 377 g/mol. The Kier molecular flexibility index (Phi) is 5.85. The predicted octanol–water partition coefficient (Wildman–Crippen LogP) is 4.29. The second kappa shape index (κ2) is 8.87. The summed E-state index contributed by atoms with van der Waals surface area (Å²) >= 11 is 0. The highest BCUT2D eigenvalue weighted by Gasteiger charge is 2.15. The van der Waals surface area contributed by atoms with Gasteiger partial charge in [0.2, 0.25) is 5.91 Å². The maximum Gasteiger partial charge on any atom is 0.225 e. The molecule has 28 heavy (non-hydrogen) atoms. The van der Waals surface area contributed by atoms with Gasteiger partial charge in [0.25, 0.3) is 0 Å². The van der Waals surface area contributed by atoms with Crippen LogP contribution in [0.4, 0.5) is 5.82 Å². The van der Waals surface area contributed by atoms with Gasteiger partial charge in [0.1, 0.15) is 0 Å². The summed E-state index contributed by atoms with van der Waals surface area (Å²) < 4.78 is 1.83. The molecule has 0 radical (unpaired) electrons. The van der Waals surface area contributed by atoms with E-state index in [1.807, 2.05) is 53.5 Å². The van der Waals surface area contributed by atoms with E-state index >= 15 is 0 Å². The molecule has 146 valence electrons. The standard InChI is InChI=1S/C22H27N5O/c28-22(12-11-18-15-23-27(16-18)20-9-5-2-6-10-20)24-21-14-19(25-26-21)13-17-7-3-1-4-8-17/h2,5-6,9-10,14-17H,1,3-4,7-8,11-13H2,(H2,24,25,26,28). The molecule has 2 aromatic heterocycles. The SMILES string of the molecule is O=C(CCc1cnn(-c2ccccc2)c1)Nc1cc(CC2CCCCC2)[nH]n1. The van der Waals surface area contributed by atoms with E-state index < -0.39 is 0 Å². The lowest BCUT2D eigenvalue weighted by Crippen LogP contribution is -2.12. The molecule has 2 N–H and O–H groups in total. The van der Waals surface area contributed by atoms with Gasteiger partial charge in [-0.1, -0.05) is 50.3 Å². The summed E-state index contributed by atoms with van der Waals surface area (Å²) in [6, 6.07) is 11.9. The number of hydrogen-bond acceptors (Lipinski definition) is 3. The van der Waals surface area contributed by atoms with Crippen molar-refractivity contribution in [3.63, 3.8) is 0 Å². The van der Waals surface area contributed by atoms with Gasteiger partial charge in [0, 0.05) is 24.4 Å². The molecule has 4 rings (SSSR count). The molecule has 6 nitrogen and oxygen atoms in total. The topological polar surface area (TPSA) is 75.6 Å². The molecule has 1 saturated carbocycles. The molecular weight excluding hydrogens is 350 g/mol. The van der Waals surface area contributed by atoms with Crippen molar-refractivity contribution < 1.29 is 4.79 Å². The third kappa shape index (κ3) is 4.88. The molecule has 1 aromatic carbocycles. The van der Waals surface area contributed by atoms with Gasteiger partial charge in [0.15, 0.2) is 5.82 Å². The van der Waals surface area contributed by atoms with Crippen LogP contribution in [0.3, 0.4) is 0 Å². The zero-order chi connectivity index (χ0) is 19.2. The minimum atomic E-state index is -0.0248. The van der Waals surface area contributed by atoms with Crippen molar-refractivity contribution in [3.05, 3.63) is 60.0 Å². The first kappa shape index (κ1) is 18.5. The molecular formula is C22H27N5O. The van der Waals surface area contributed by atoms with E-state index in [0.29, 0.717) is 18.7 Å². The Morgan fingerprint density at radius 1 is 1.18 bits per heavy atom. The fourth-order valence-corrected chi connectivity index (χ4v) is 3.91. The van der Waals surface area contributed by atoms with Crippen LogP contribution in [-0.2, 0) is 17.6 Å². The number of aryl methyl sites for hydroxylation is 1. The molecule has 0 unspecified atom stereocenters. The minimum Gasteiger partial charge on any atom is -0.309 e. The first-order valence-electron chi connectivity index (χ1n) is 10.2. The molecule has 1 aliphatic carbocycles. The average Bonchev–Trinajstić information content (AvgIpc) is 3.38. The Labute approximate surface area is 165 Å². The summed E-state index contributed by atoms with van der Waals surface area (Å²) in [6.07, 6.45) is 12.5. The predicted molar refractivity (Wildman–Crippen MR) is 109 cm³/mol. The third-order valence-electron chi connectivity index (χ3n) is 5.43. The Morgan fingerprint density at radius 2 is 2.00 bits per heavy atom. The van der Waals surface area contributed by atoms with Crippen molar-refractivity contribution in [3.8, 4) is 5.69 Å². The second-order valence-corrected chi connectivity index (χ2v) is 7.66. The quantitative estimate of drug-likeness (QED) is 0.645. The van der Waals surface area contributed by atoms with Crippen LogP contribution in [0, 0.1) is 5.92 Å². The lowest BCUT2D eigenvalue weighted by atomic mass is 9.86. The summed E-state index contributed by atoms with van der Waals surface area (Å²) in [6.45, 7) is 0. The first-order valence-corrected chi connectivity index (χ1v) is 10.2. The lowest BCUT2D eigenvalue weighted by molar-refractivity contribution is -0.116. The third-order valence-corrected chi connectivity index (χ3v) is 5.43. The number of para-hydroxylation sites is 1. The number of nitrogens with one attached hydrogen (secondary N) is 2. The smallest absolute Gasteiger partial charge is 0.225 e. The van der Waals surface area contributed by atoms with Gasteiger partial charge in [-0.2, -0.15) is 10.2 Å². The molecule has 0 bridgehead atoms. The number of anilines is 1. The number of hydrogen-bond donors (Lipinski definition) is 2. The number of aromatic amines is 1. The van der Waals surface area contributed by atoms with Crippen molar-refractivity contribution in [2.24, 2.45) is 5.92 Å². The molecule has 0 saturated heterocycles. The van der Waals surface area contributed by atoms with Crippen LogP contribution in [0.2, 0.25) is 0 Å². The molecule has 0 aliphatic heterocycles. The maximum atomic E-state index is 12.3. The van der Waals surface area contributed by atoms with Crippen LogP contribution < -0.4 is 5.32 Å². The fourth-order valence-electron chi connectivity index (χ4n) is 3.91. The number of carbonyl (C=O) groups excluding carboxylic acids is 1. The summed E-state index contributed by atoms with van der Waals surface area (Å²) in [4.78, 5) is 12.3. The van der Waals surface area contributed by atoms with E-state index in [2.05, 4.69) is 20.6 Å². The summed E-state index contributed by atoms with van der Waals surface area (Å²) in [5, 5.41) is 14.6. The van der Waals surface area contributed by atoms with Gasteiger partial charge >= 0.3 is 0 Å². The number of benzene rings is 1. The Balaban J connectivity index is 1.25. The number of nitrogens with zero attached hydrogens (tertiary/aromatic N) is 3. The number of aromatic nitrogens is 4. The van der Waals surface area contributed by atoms with Gasteiger partial charge in [-0.15, -0.1) is 0 Å². The van der Waals surface area contributed by atoms with Crippen molar-refractivity contribution >= 4 is 11.7 Å². The highest BCUT2D eigenvalue weighted by atomic mass is 16.1. The Morgan fingerprint density at radius 3 is 2.82 bits per heavy atom. The molecule has 1 fully saturated rings. The largest absolute Gasteiger partial charge is 0.309 e. The van der Waals surface area contributed by atoms with Crippen LogP contribution in [0.1, 0.15) is 49.8 Å². The number of amides is 1. The van der Waals surface area contributed by atoms with Crippen LogP contribution in [0.25, 0.3) is 5.69 Å². The zero-order valence-corrected chi connectivity index (χ0v) is 16.1. The van der Waals surface area contributed by atoms with E-state index in [4.69, 9.17) is 0 Å². The number of rotatable bonds is 7. The molecule has 0 spiro atoms. The van der Waals surface area contributed by atoms with Crippen molar-refractivity contribution in [2.75, 3.05) is 5.32 Å². The lowest BCUT2D eigenvalue weighted by Gasteiger charge is -2.20. The Hall–Kier alpha value is -2.89. The molecule has 0 atom stereocenters.